The lowest BCUT2D eigenvalue weighted by Crippen LogP contribution is -2.34. The molecule has 126 valence electrons. The molecule has 2 fully saturated rings. The molecule has 2 aliphatic rings. The van der Waals surface area contributed by atoms with Gasteiger partial charge in [0.15, 0.2) is 0 Å². The van der Waals surface area contributed by atoms with Crippen LogP contribution in [0, 0.1) is 5.92 Å². The van der Waals surface area contributed by atoms with Crippen LogP contribution < -0.4 is 0 Å². The van der Waals surface area contributed by atoms with E-state index in [0.29, 0.717) is 25.6 Å². The van der Waals surface area contributed by atoms with Crippen LogP contribution in [0.25, 0.3) is 0 Å². The number of hydrogen-bond donors (Lipinski definition) is 0. The molecule has 2 aliphatic heterocycles. The van der Waals surface area contributed by atoms with E-state index in [4.69, 9.17) is 9.15 Å². The zero-order chi connectivity index (χ0) is 16.4. The number of carbonyl (C=O) groups is 1. The summed E-state index contributed by atoms with van der Waals surface area (Å²) < 4.78 is 11.4. The van der Waals surface area contributed by atoms with Gasteiger partial charge in [-0.05, 0) is 18.2 Å². The lowest BCUT2D eigenvalue weighted by Gasteiger charge is -2.22. The first kappa shape index (κ1) is 15.3. The minimum atomic E-state index is -0.121. The Kier molecular flexibility index (Phi) is 4.27. The standard InChI is InChI=1S/C17H20N4O3/c22-17(16-18-4-2-5-19-16)21-10-13-9-20(6-8-24-15(13)12-21)11-14-3-1-7-23-14/h1-5,7,13,15H,6,8-12H2/t13-,15+/m1/s1. The van der Waals surface area contributed by atoms with Crippen LogP contribution in [0.4, 0.5) is 0 Å². The van der Waals surface area contributed by atoms with Crippen molar-refractivity contribution in [2.24, 2.45) is 5.92 Å². The van der Waals surface area contributed by atoms with Gasteiger partial charge in [0.05, 0.1) is 25.5 Å². The number of ether oxygens (including phenoxy) is 1. The summed E-state index contributed by atoms with van der Waals surface area (Å²) >= 11 is 0. The lowest BCUT2D eigenvalue weighted by molar-refractivity contribution is 0.0480. The third-order valence-corrected chi connectivity index (χ3v) is 4.62. The van der Waals surface area contributed by atoms with E-state index in [0.717, 1.165) is 25.4 Å². The highest BCUT2D eigenvalue weighted by Crippen LogP contribution is 2.25. The van der Waals surface area contributed by atoms with Crippen LogP contribution in [0.1, 0.15) is 16.4 Å². The van der Waals surface area contributed by atoms with E-state index in [1.807, 2.05) is 12.1 Å². The highest BCUT2D eigenvalue weighted by molar-refractivity contribution is 5.90. The molecule has 2 atom stereocenters. The molecule has 0 radical (unpaired) electrons. The number of rotatable bonds is 3. The Labute approximate surface area is 140 Å². The Morgan fingerprint density at radius 1 is 1.21 bits per heavy atom. The van der Waals surface area contributed by atoms with E-state index < -0.39 is 0 Å². The second-order valence-electron chi connectivity index (χ2n) is 6.27. The molecule has 7 heteroatoms. The summed E-state index contributed by atoms with van der Waals surface area (Å²) in [6.45, 7) is 4.50. The average Bonchev–Trinajstić information content (AvgIpc) is 3.22. The van der Waals surface area contributed by atoms with Gasteiger partial charge in [0.1, 0.15) is 5.76 Å². The molecular weight excluding hydrogens is 308 g/mol. The average molecular weight is 328 g/mol. The Balaban J connectivity index is 1.41. The van der Waals surface area contributed by atoms with Crippen molar-refractivity contribution in [1.29, 1.82) is 0 Å². The molecule has 0 bridgehead atoms. The van der Waals surface area contributed by atoms with Crippen molar-refractivity contribution < 1.29 is 13.9 Å². The summed E-state index contributed by atoms with van der Waals surface area (Å²) in [6.07, 6.45) is 4.97. The molecule has 4 rings (SSSR count). The van der Waals surface area contributed by atoms with Crippen LogP contribution in [0.5, 0.6) is 0 Å². The zero-order valence-corrected chi connectivity index (χ0v) is 13.4. The van der Waals surface area contributed by atoms with Crippen molar-refractivity contribution in [3.05, 3.63) is 48.4 Å². The van der Waals surface area contributed by atoms with Gasteiger partial charge >= 0.3 is 0 Å². The number of likely N-dealkylation sites (tertiary alicyclic amines) is 1. The van der Waals surface area contributed by atoms with Crippen LogP contribution in [-0.4, -0.2) is 64.6 Å². The number of nitrogens with zero attached hydrogens (tertiary/aromatic N) is 4. The van der Waals surface area contributed by atoms with Crippen molar-refractivity contribution in [1.82, 2.24) is 19.8 Å². The van der Waals surface area contributed by atoms with Crippen molar-refractivity contribution in [3.63, 3.8) is 0 Å². The molecule has 24 heavy (non-hydrogen) atoms. The summed E-state index contributed by atoms with van der Waals surface area (Å²) in [7, 11) is 0. The van der Waals surface area contributed by atoms with E-state index >= 15 is 0 Å². The van der Waals surface area contributed by atoms with Crippen LogP contribution >= 0.6 is 0 Å². The molecule has 0 unspecified atom stereocenters. The maximum Gasteiger partial charge on any atom is 0.291 e. The second kappa shape index (κ2) is 6.70. The van der Waals surface area contributed by atoms with Crippen LogP contribution in [0.3, 0.4) is 0 Å². The van der Waals surface area contributed by atoms with Crippen molar-refractivity contribution in [3.8, 4) is 0 Å². The first-order chi connectivity index (χ1) is 11.8. The molecule has 4 heterocycles. The summed E-state index contributed by atoms with van der Waals surface area (Å²) in [6, 6.07) is 5.60. The first-order valence-corrected chi connectivity index (χ1v) is 8.22. The Morgan fingerprint density at radius 3 is 2.88 bits per heavy atom. The zero-order valence-electron chi connectivity index (χ0n) is 13.4. The highest BCUT2D eigenvalue weighted by Gasteiger charge is 2.39. The summed E-state index contributed by atoms with van der Waals surface area (Å²) in [5.74, 6) is 1.39. The van der Waals surface area contributed by atoms with E-state index in [1.54, 1.807) is 29.6 Å². The normalized spacial score (nSPS) is 24.6. The highest BCUT2D eigenvalue weighted by atomic mass is 16.5. The molecule has 2 aromatic heterocycles. The maximum absolute atomic E-state index is 12.5. The quantitative estimate of drug-likeness (QED) is 0.838. The third-order valence-electron chi connectivity index (χ3n) is 4.62. The second-order valence-corrected chi connectivity index (χ2v) is 6.27. The van der Waals surface area contributed by atoms with Crippen LogP contribution in [0.2, 0.25) is 0 Å². The molecule has 2 saturated heterocycles. The Hall–Kier alpha value is -2.25. The monoisotopic (exact) mass is 328 g/mol. The topological polar surface area (TPSA) is 71.7 Å². The largest absolute Gasteiger partial charge is 0.468 e. The van der Waals surface area contributed by atoms with E-state index in [-0.39, 0.29) is 17.8 Å². The van der Waals surface area contributed by atoms with E-state index in [2.05, 4.69) is 14.9 Å². The summed E-state index contributed by atoms with van der Waals surface area (Å²) in [5.41, 5.74) is 0. The third kappa shape index (κ3) is 3.18. The molecule has 0 N–H and O–H groups in total. The van der Waals surface area contributed by atoms with Crippen molar-refractivity contribution in [2.45, 2.75) is 12.6 Å². The molecule has 0 saturated carbocycles. The minimum Gasteiger partial charge on any atom is -0.468 e. The molecule has 7 nitrogen and oxygen atoms in total. The van der Waals surface area contributed by atoms with Gasteiger partial charge in [0.25, 0.3) is 5.91 Å². The fourth-order valence-corrected chi connectivity index (χ4v) is 3.44. The number of furan rings is 1. The fraction of sp³-hybridized carbons (Fsp3) is 0.471. The van der Waals surface area contributed by atoms with Crippen molar-refractivity contribution in [2.75, 3.05) is 32.8 Å². The fourth-order valence-electron chi connectivity index (χ4n) is 3.44. The number of amides is 1. The molecule has 1 amide bonds. The van der Waals surface area contributed by atoms with Gasteiger partial charge in [-0.1, -0.05) is 0 Å². The predicted octanol–water partition coefficient (Wildman–Crippen LogP) is 1.04. The van der Waals surface area contributed by atoms with Gasteiger partial charge in [-0.25, -0.2) is 9.97 Å². The van der Waals surface area contributed by atoms with Gasteiger partial charge in [-0.3, -0.25) is 9.69 Å². The SMILES string of the molecule is O=C(c1ncccn1)N1C[C@H]2CN(Cc3ccco3)CCO[C@H]2C1. The summed E-state index contributed by atoms with van der Waals surface area (Å²) in [5, 5.41) is 0. The lowest BCUT2D eigenvalue weighted by atomic mass is 10.1. The minimum absolute atomic E-state index is 0.0827. The Bertz CT molecular complexity index is 676. The van der Waals surface area contributed by atoms with E-state index in [1.165, 1.54) is 0 Å². The number of carbonyl (C=O) groups excluding carboxylic acids is 1. The van der Waals surface area contributed by atoms with Gasteiger partial charge < -0.3 is 14.1 Å². The van der Waals surface area contributed by atoms with E-state index in [9.17, 15) is 4.79 Å². The smallest absolute Gasteiger partial charge is 0.291 e. The van der Waals surface area contributed by atoms with Gasteiger partial charge in [-0.15, -0.1) is 0 Å². The van der Waals surface area contributed by atoms with Gasteiger partial charge in [0, 0.05) is 44.5 Å². The number of aromatic nitrogens is 2. The van der Waals surface area contributed by atoms with Gasteiger partial charge in [-0.2, -0.15) is 0 Å². The molecule has 0 aromatic carbocycles. The van der Waals surface area contributed by atoms with Crippen LogP contribution in [0.15, 0.2) is 41.3 Å². The molecular formula is C17H20N4O3. The Morgan fingerprint density at radius 2 is 2.08 bits per heavy atom. The first-order valence-electron chi connectivity index (χ1n) is 8.22. The van der Waals surface area contributed by atoms with Crippen LogP contribution in [-0.2, 0) is 11.3 Å². The number of fused-ring (bicyclic) bond motifs is 1. The maximum atomic E-state index is 12.5. The molecule has 0 aliphatic carbocycles. The summed E-state index contributed by atoms with van der Waals surface area (Å²) in [4.78, 5) is 24.8. The predicted molar refractivity (Wildman–Crippen MR) is 85.2 cm³/mol. The number of hydrogen-bond acceptors (Lipinski definition) is 6. The molecule has 0 spiro atoms. The van der Waals surface area contributed by atoms with Crippen molar-refractivity contribution >= 4 is 5.91 Å². The van der Waals surface area contributed by atoms with Gasteiger partial charge in [0.2, 0.25) is 5.82 Å². The molecule has 2 aromatic rings.